The molecule has 1 fully saturated rings. The lowest BCUT2D eigenvalue weighted by Crippen LogP contribution is -2.39. The lowest BCUT2D eigenvalue weighted by molar-refractivity contribution is -0.120. The van der Waals surface area contributed by atoms with Crippen LogP contribution >= 0.6 is 11.6 Å². The molecule has 110 valence electrons. The zero-order valence-corrected chi connectivity index (χ0v) is 12.4. The van der Waals surface area contributed by atoms with Gasteiger partial charge in [0.2, 0.25) is 5.91 Å². The van der Waals surface area contributed by atoms with Gasteiger partial charge in [0.25, 0.3) is 0 Å². The van der Waals surface area contributed by atoms with Crippen molar-refractivity contribution >= 4 is 17.5 Å². The van der Waals surface area contributed by atoms with Crippen LogP contribution in [0.25, 0.3) is 0 Å². The largest absolute Gasteiger partial charge is 0.355 e. The van der Waals surface area contributed by atoms with Gasteiger partial charge in [0, 0.05) is 18.1 Å². The number of carbonyl (C=O) groups is 1. The monoisotopic (exact) mass is 295 g/mol. The van der Waals surface area contributed by atoms with Crippen molar-refractivity contribution in [1.29, 1.82) is 0 Å². The first-order chi connectivity index (χ1) is 9.69. The van der Waals surface area contributed by atoms with Crippen LogP contribution in [0.3, 0.4) is 0 Å². The van der Waals surface area contributed by atoms with Gasteiger partial charge in [0.05, 0.1) is 6.54 Å². The molecule has 2 rings (SSSR count). The fourth-order valence-corrected chi connectivity index (χ4v) is 2.74. The first-order valence-electron chi connectivity index (χ1n) is 7.11. The molecule has 0 aliphatic carbocycles. The predicted molar refractivity (Wildman–Crippen MR) is 81.5 cm³/mol. The molecular weight excluding hydrogens is 274 g/mol. The number of benzene rings is 1. The van der Waals surface area contributed by atoms with E-state index in [0.29, 0.717) is 5.92 Å². The molecule has 0 radical (unpaired) electrons. The number of halogens is 1. The van der Waals surface area contributed by atoms with Gasteiger partial charge in [-0.25, -0.2) is 0 Å². The molecule has 0 saturated carbocycles. The molecule has 4 nitrogen and oxygen atoms in total. The second kappa shape index (κ2) is 7.62. The van der Waals surface area contributed by atoms with E-state index in [9.17, 15) is 4.79 Å². The Balaban J connectivity index is 1.74. The second-order valence-electron chi connectivity index (χ2n) is 5.32. The van der Waals surface area contributed by atoms with E-state index in [-0.39, 0.29) is 12.5 Å². The van der Waals surface area contributed by atoms with Crippen molar-refractivity contribution in [3.63, 3.8) is 0 Å². The van der Waals surface area contributed by atoms with Crippen molar-refractivity contribution in [3.8, 4) is 0 Å². The van der Waals surface area contributed by atoms with E-state index in [4.69, 9.17) is 17.3 Å². The summed E-state index contributed by atoms with van der Waals surface area (Å²) in [7, 11) is 0. The number of nitrogens with two attached hydrogens (primary N) is 1. The Kier molecular flexibility index (Phi) is 5.83. The minimum atomic E-state index is -0.0662. The minimum Gasteiger partial charge on any atom is -0.355 e. The Morgan fingerprint density at radius 3 is 2.70 bits per heavy atom. The highest BCUT2D eigenvalue weighted by Gasteiger charge is 2.20. The number of piperidine rings is 1. The number of hydrogen-bond donors (Lipinski definition) is 2. The Hall–Kier alpha value is -1.10. The number of rotatable bonds is 5. The molecule has 3 N–H and O–H groups in total. The van der Waals surface area contributed by atoms with Crippen LogP contribution < -0.4 is 11.1 Å². The van der Waals surface area contributed by atoms with E-state index in [0.717, 1.165) is 44.0 Å². The Bertz CT molecular complexity index is 444. The van der Waals surface area contributed by atoms with E-state index in [2.05, 4.69) is 16.3 Å². The van der Waals surface area contributed by atoms with Crippen LogP contribution in [0.15, 0.2) is 24.3 Å². The van der Waals surface area contributed by atoms with Crippen molar-refractivity contribution in [2.24, 2.45) is 11.7 Å². The summed E-state index contributed by atoms with van der Waals surface area (Å²) >= 11 is 6.19. The third kappa shape index (κ3) is 4.47. The average Bonchev–Trinajstić information content (AvgIpc) is 2.48. The molecule has 1 aliphatic rings. The van der Waals surface area contributed by atoms with E-state index in [1.165, 1.54) is 5.56 Å². The van der Waals surface area contributed by atoms with Crippen molar-refractivity contribution in [3.05, 3.63) is 34.9 Å². The van der Waals surface area contributed by atoms with Gasteiger partial charge in [-0.2, -0.15) is 0 Å². The van der Waals surface area contributed by atoms with Crippen LogP contribution in [-0.4, -0.2) is 37.0 Å². The molecule has 0 unspecified atom stereocenters. The van der Waals surface area contributed by atoms with Crippen LogP contribution in [0, 0.1) is 5.92 Å². The average molecular weight is 296 g/mol. The molecule has 0 spiro atoms. The Morgan fingerprint density at radius 2 is 2.05 bits per heavy atom. The molecule has 1 aliphatic heterocycles. The lowest BCUT2D eigenvalue weighted by atomic mass is 9.96. The summed E-state index contributed by atoms with van der Waals surface area (Å²) < 4.78 is 0. The maximum atomic E-state index is 11.1. The summed E-state index contributed by atoms with van der Waals surface area (Å²) in [6.45, 7) is 3.83. The first-order valence-corrected chi connectivity index (χ1v) is 7.49. The van der Waals surface area contributed by atoms with E-state index >= 15 is 0 Å². The number of likely N-dealkylation sites (tertiary alicyclic amines) is 1. The van der Waals surface area contributed by atoms with Gasteiger partial charge in [-0.3, -0.25) is 9.69 Å². The zero-order valence-electron chi connectivity index (χ0n) is 11.6. The van der Waals surface area contributed by atoms with Crippen LogP contribution in [-0.2, 0) is 11.3 Å². The number of carbonyl (C=O) groups excluding carboxylic acids is 1. The fraction of sp³-hybridized carbons (Fsp3) is 0.533. The first kappa shape index (κ1) is 15.3. The fourth-order valence-electron chi connectivity index (χ4n) is 2.55. The molecular formula is C15H22ClN3O. The topological polar surface area (TPSA) is 58.4 Å². The molecule has 0 atom stereocenters. The lowest BCUT2D eigenvalue weighted by Gasteiger charge is -2.32. The maximum Gasteiger partial charge on any atom is 0.233 e. The number of amides is 1. The molecule has 0 bridgehead atoms. The summed E-state index contributed by atoms with van der Waals surface area (Å²) in [5.41, 5.74) is 6.46. The number of nitrogens with zero attached hydrogens (tertiary/aromatic N) is 1. The third-order valence-electron chi connectivity index (χ3n) is 3.83. The molecule has 1 saturated heterocycles. The zero-order chi connectivity index (χ0) is 14.4. The van der Waals surface area contributed by atoms with Crippen molar-refractivity contribution in [2.45, 2.75) is 19.4 Å². The van der Waals surface area contributed by atoms with E-state index < -0.39 is 0 Å². The Labute approximate surface area is 125 Å². The van der Waals surface area contributed by atoms with Gasteiger partial charge < -0.3 is 11.1 Å². The summed E-state index contributed by atoms with van der Waals surface area (Å²) in [6, 6.07) is 8.00. The highest BCUT2D eigenvalue weighted by Crippen LogP contribution is 2.21. The number of hydrogen-bond acceptors (Lipinski definition) is 3. The van der Waals surface area contributed by atoms with E-state index in [1.54, 1.807) is 0 Å². The van der Waals surface area contributed by atoms with Gasteiger partial charge in [0.1, 0.15) is 0 Å². The third-order valence-corrected chi connectivity index (χ3v) is 4.20. The SMILES string of the molecule is NCC(=O)NCC1CCN(Cc2ccccc2Cl)CC1. The summed E-state index contributed by atoms with van der Waals surface area (Å²) in [5.74, 6) is 0.497. The standard InChI is InChI=1S/C15H22ClN3O/c16-14-4-2-1-3-13(14)11-19-7-5-12(6-8-19)10-18-15(20)9-17/h1-4,12H,5-11,17H2,(H,18,20). The van der Waals surface area contributed by atoms with Crippen LogP contribution in [0.2, 0.25) is 5.02 Å². The normalized spacial score (nSPS) is 17.1. The van der Waals surface area contributed by atoms with E-state index in [1.807, 2.05) is 18.2 Å². The Morgan fingerprint density at radius 1 is 1.35 bits per heavy atom. The van der Waals surface area contributed by atoms with Crippen LogP contribution in [0.5, 0.6) is 0 Å². The summed E-state index contributed by atoms with van der Waals surface area (Å²) in [4.78, 5) is 13.6. The minimum absolute atomic E-state index is 0.0662. The highest BCUT2D eigenvalue weighted by atomic mass is 35.5. The molecule has 0 aromatic heterocycles. The summed E-state index contributed by atoms with van der Waals surface area (Å²) in [5, 5.41) is 3.71. The highest BCUT2D eigenvalue weighted by molar-refractivity contribution is 6.31. The smallest absolute Gasteiger partial charge is 0.233 e. The van der Waals surface area contributed by atoms with Gasteiger partial charge in [-0.15, -0.1) is 0 Å². The maximum absolute atomic E-state index is 11.1. The van der Waals surface area contributed by atoms with Gasteiger partial charge in [0.15, 0.2) is 0 Å². The molecule has 1 aromatic rings. The van der Waals surface area contributed by atoms with Crippen molar-refractivity contribution in [1.82, 2.24) is 10.2 Å². The number of nitrogens with one attached hydrogen (secondary N) is 1. The van der Waals surface area contributed by atoms with Gasteiger partial charge >= 0.3 is 0 Å². The summed E-state index contributed by atoms with van der Waals surface area (Å²) in [6.07, 6.45) is 2.21. The second-order valence-corrected chi connectivity index (χ2v) is 5.73. The molecule has 5 heteroatoms. The molecule has 1 heterocycles. The molecule has 1 amide bonds. The van der Waals surface area contributed by atoms with Crippen molar-refractivity contribution in [2.75, 3.05) is 26.2 Å². The molecule has 20 heavy (non-hydrogen) atoms. The van der Waals surface area contributed by atoms with Crippen LogP contribution in [0.4, 0.5) is 0 Å². The quantitative estimate of drug-likeness (QED) is 0.868. The van der Waals surface area contributed by atoms with Gasteiger partial charge in [-0.05, 0) is 43.5 Å². The van der Waals surface area contributed by atoms with Gasteiger partial charge in [-0.1, -0.05) is 29.8 Å². The van der Waals surface area contributed by atoms with Crippen LogP contribution in [0.1, 0.15) is 18.4 Å². The predicted octanol–water partition coefficient (Wildman–Crippen LogP) is 1.63. The molecule has 1 aromatic carbocycles. The van der Waals surface area contributed by atoms with Crippen molar-refractivity contribution < 1.29 is 4.79 Å².